The average molecular weight is 166 g/mol. The predicted octanol–water partition coefficient (Wildman–Crippen LogP) is 2.11. The van der Waals surface area contributed by atoms with Gasteiger partial charge in [-0.05, 0) is 30.8 Å². The monoisotopic (exact) mass is 166 g/mol. The summed E-state index contributed by atoms with van der Waals surface area (Å²) in [4.78, 5) is 4.04. The van der Waals surface area contributed by atoms with Gasteiger partial charge in [0.05, 0.1) is 0 Å². The van der Waals surface area contributed by atoms with Crippen LogP contribution in [-0.2, 0) is 0 Å². The molecular formula is C10H18N2. The first kappa shape index (κ1) is 9.30. The van der Waals surface area contributed by atoms with Gasteiger partial charge in [-0.2, -0.15) is 0 Å². The molecule has 0 saturated carbocycles. The normalized spacial score (nSPS) is 26.3. The smallest absolute Gasteiger partial charge is 0.0277 e. The predicted molar refractivity (Wildman–Crippen MR) is 53.3 cm³/mol. The minimum Gasteiger partial charge on any atom is -0.402 e. The molecule has 1 aliphatic carbocycles. The topological polar surface area (TPSA) is 38.4 Å². The van der Waals surface area contributed by atoms with E-state index in [9.17, 15) is 0 Å². The number of hydrogen-bond donors (Lipinski definition) is 1. The third-order valence-electron chi connectivity index (χ3n) is 2.50. The molecule has 1 rings (SSSR count). The van der Waals surface area contributed by atoms with Crippen molar-refractivity contribution >= 4 is 6.21 Å². The number of rotatable bonds is 1. The lowest BCUT2D eigenvalue weighted by molar-refractivity contribution is 0.596. The second-order valence-electron chi connectivity index (χ2n) is 3.51. The van der Waals surface area contributed by atoms with Crippen molar-refractivity contribution in [3.63, 3.8) is 0 Å². The lowest BCUT2D eigenvalue weighted by atomic mass is 9.98. The Balaban J connectivity index is 2.83. The molecule has 0 fully saturated rings. The van der Waals surface area contributed by atoms with Gasteiger partial charge in [-0.1, -0.05) is 13.3 Å². The van der Waals surface area contributed by atoms with Gasteiger partial charge in [-0.15, -0.1) is 0 Å². The highest BCUT2D eigenvalue weighted by Crippen LogP contribution is 2.24. The van der Waals surface area contributed by atoms with Gasteiger partial charge in [0.2, 0.25) is 0 Å². The molecular weight excluding hydrogens is 148 g/mol. The summed E-state index contributed by atoms with van der Waals surface area (Å²) in [6.07, 6.45) is 6.75. The van der Waals surface area contributed by atoms with E-state index in [0.29, 0.717) is 5.92 Å². The summed E-state index contributed by atoms with van der Waals surface area (Å²) < 4.78 is 0. The Hall–Kier alpha value is -0.790. The molecule has 68 valence electrons. The molecule has 0 aromatic carbocycles. The fraction of sp³-hybridized carbons (Fsp3) is 0.700. The first-order chi connectivity index (χ1) is 5.75. The molecule has 0 aliphatic heterocycles. The van der Waals surface area contributed by atoms with Crippen LogP contribution in [0, 0.1) is 5.92 Å². The maximum absolute atomic E-state index is 5.94. The fourth-order valence-corrected chi connectivity index (χ4v) is 1.73. The number of nitrogens with zero attached hydrogens (tertiary/aromatic N) is 1. The van der Waals surface area contributed by atoms with E-state index in [1.54, 1.807) is 7.05 Å². The summed E-state index contributed by atoms with van der Waals surface area (Å²) >= 11 is 0. The van der Waals surface area contributed by atoms with E-state index in [1.165, 1.54) is 24.8 Å². The van der Waals surface area contributed by atoms with E-state index in [1.807, 2.05) is 6.21 Å². The molecule has 0 amide bonds. The van der Waals surface area contributed by atoms with Crippen molar-refractivity contribution in [3.05, 3.63) is 11.3 Å². The molecule has 2 heteroatoms. The van der Waals surface area contributed by atoms with Crippen LogP contribution in [0.3, 0.4) is 0 Å². The fourth-order valence-electron chi connectivity index (χ4n) is 1.73. The number of hydrogen-bond acceptors (Lipinski definition) is 2. The zero-order chi connectivity index (χ0) is 8.97. The van der Waals surface area contributed by atoms with Crippen LogP contribution in [0.1, 0.15) is 32.6 Å². The molecule has 0 radical (unpaired) electrons. The molecule has 0 unspecified atom stereocenters. The minimum absolute atomic E-state index is 0.594. The molecule has 2 N–H and O–H groups in total. The maximum Gasteiger partial charge on any atom is 0.0277 e. The lowest BCUT2D eigenvalue weighted by Gasteiger charge is -2.10. The van der Waals surface area contributed by atoms with Crippen LogP contribution in [0.15, 0.2) is 16.3 Å². The van der Waals surface area contributed by atoms with E-state index >= 15 is 0 Å². The molecule has 1 aliphatic rings. The van der Waals surface area contributed by atoms with Crippen LogP contribution in [0.25, 0.3) is 0 Å². The molecule has 12 heavy (non-hydrogen) atoms. The van der Waals surface area contributed by atoms with Crippen LogP contribution >= 0.6 is 0 Å². The lowest BCUT2D eigenvalue weighted by Crippen LogP contribution is -2.07. The molecule has 0 saturated heterocycles. The Morgan fingerprint density at radius 2 is 2.25 bits per heavy atom. The molecule has 2 nitrogen and oxygen atoms in total. The summed E-state index contributed by atoms with van der Waals surface area (Å²) in [5, 5.41) is 0. The number of aliphatic imine (C=N–C) groups is 1. The van der Waals surface area contributed by atoms with E-state index in [4.69, 9.17) is 5.73 Å². The Morgan fingerprint density at radius 1 is 1.50 bits per heavy atom. The van der Waals surface area contributed by atoms with Crippen molar-refractivity contribution in [2.24, 2.45) is 16.6 Å². The summed E-state index contributed by atoms with van der Waals surface area (Å²) in [6, 6.07) is 0. The van der Waals surface area contributed by atoms with Gasteiger partial charge in [-0.25, -0.2) is 0 Å². The van der Waals surface area contributed by atoms with Gasteiger partial charge in [0.1, 0.15) is 0 Å². The first-order valence-electron chi connectivity index (χ1n) is 4.66. The van der Waals surface area contributed by atoms with Gasteiger partial charge < -0.3 is 5.73 Å². The van der Waals surface area contributed by atoms with E-state index in [2.05, 4.69) is 11.9 Å². The Morgan fingerprint density at radius 3 is 2.92 bits per heavy atom. The van der Waals surface area contributed by atoms with Gasteiger partial charge in [0.15, 0.2) is 0 Å². The Labute approximate surface area is 74.6 Å². The van der Waals surface area contributed by atoms with Crippen molar-refractivity contribution < 1.29 is 0 Å². The van der Waals surface area contributed by atoms with Gasteiger partial charge in [0, 0.05) is 19.0 Å². The Bertz CT molecular complexity index is 204. The second kappa shape index (κ2) is 4.29. The highest BCUT2D eigenvalue weighted by molar-refractivity contribution is 5.80. The first-order valence-corrected chi connectivity index (χ1v) is 4.66. The third-order valence-corrected chi connectivity index (χ3v) is 2.50. The van der Waals surface area contributed by atoms with Crippen LogP contribution in [0.2, 0.25) is 0 Å². The summed E-state index contributed by atoms with van der Waals surface area (Å²) in [7, 11) is 1.80. The van der Waals surface area contributed by atoms with E-state index in [0.717, 1.165) is 12.1 Å². The average Bonchev–Trinajstić information content (AvgIpc) is 2.19. The van der Waals surface area contributed by atoms with Crippen LogP contribution in [-0.4, -0.2) is 13.3 Å². The maximum atomic E-state index is 5.94. The van der Waals surface area contributed by atoms with Gasteiger partial charge in [0.25, 0.3) is 0 Å². The van der Waals surface area contributed by atoms with E-state index in [-0.39, 0.29) is 0 Å². The van der Waals surface area contributed by atoms with Crippen molar-refractivity contribution in [1.29, 1.82) is 0 Å². The van der Waals surface area contributed by atoms with Crippen LogP contribution in [0.5, 0.6) is 0 Å². The number of allylic oxidation sites excluding steroid dienone is 2. The number of nitrogens with two attached hydrogens (primary N) is 1. The van der Waals surface area contributed by atoms with Crippen LogP contribution < -0.4 is 5.73 Å². The van der Waals surface area contributed by atoms with Crippen LogP contribution in [0.4, 0.5) is 0 Å². The Kier molecular flexibility index (Phi) is 3.32. The minimum atomic E-state index is 0.594. The molecule has 0 aromatic rings. The van der Waals surface area contributed by atoms with E-state index < -0.39 is 0 Å². The van der Waals surface area contributed by atoms with Crippen molar-refractivity contribution in [3.8, 4) is 0 Å². The molecule has 0 aromatic heterocycles. The highest BCUT2D eigenvalue weighted by Gasteiger charge is 2.13. The largest absolute Gasteiger partial charge is 0.402 e. The summed E-state index contributed by atoms with van der Waals surface area (Å²) in [5.74, 6) is 0.594. The van der Waals surface area contributed by atoms with Crippen molar-refractivity contribution in [2.45, 2.75) is 32.6 Å². The SMILES string of the molecule is CN=CC1=C(N)CCCC[C@@H]1C. The van der Waals surface area contributed by atoms with Crippen molar-refractivity contribution in [2.75, 3.05) is 7.05 Å². The summed E-state index contributed by atoms with van der Waals surface area (Å²) in [5.41, 5.74) is 8.25. The van der Waals surface area contributed by atoms with Gasteiger partial charge >= 0.3 is 0 Å². The molecule has 0 spiro atoms. The third kappa shape index (κ3) is 2.10. The summed E-state index contributed by atoms with van der Waals surface area (Å²) in [6.45, 7) is 2.23. The molecule has 1 atom stereocenters. The van der Waals surface area contributed by atoms with Gasteiger partial charge in [-0.3, -0.25) is 4.99 Å². The molecule has 0 heterocycles. The van der Waals surface area contributed by atoms with Crippen molar-refractivity contribution in [1.82, 2.24) is 0 Å². The zero-order valence-electron chi connectivity index (χ0n) is 8.01. The molecule has 0 bridgehead atoms. The quantitative estimate of drug-likeness (QED) is 0.595. The highest BCUT2D eigenvalue weighted by atomic mass is 14.7. The standard InChI is InChI=1S/C10H18N2/c1-8-5-3-4-6-10(11)9(8)7-12-2/h7-8H,3-6,11H2,1-2H3/t8-/m0/s1. The zero-order valence-corrected chi connectivity index (χ0v) is 8.01. The second-order valence-corrected chi connectivity index (χ2v) is 3.51.